The SMILES string of the molecule is CC(C)=CCOC1=CC=CC=[C+]1. The maximum absolute atomic E-state index is 5.38. The van der Waals surface area contributed by atoms with Gasteiger partial charge in [-0.1, -0.05) is 5.57 Å². The van der Waals surface area contributed by atoms with Gasteiger partial charge in [0.15, 0.2) is 0 Å². The normalized spacial score (nSPS) is 13.3. The molecule has 12 heavy (non-hydrogen) atoms. The van der Waals surface area contributed by atoms with E-state index < -0.39 is 0 Å². The molecule has 0 aliphatic heterocycles. The zero-order chi connectivity index (χ0) is 8.81. The van der Waals surface area contributed by atoms with E-state index in [1.54, 1.807) is 0 Å². The maximum atomic E-state index is 5.38. The van der Waals surface area contributed by atoms with Gasteiger partial charge in [-0.05, 0) is 19.9 Å². The van der Waals surface area contributed by atoms with E-state index in [1.807, 2.05) is 30.4 Å². The smallest absolute Gasteiger partial charge is 0.289 e. The van der Waals surface area contributed by atoms with Crippen LogP contribution in [0, 0.1) is 6.08 Å². The second-order valence-corrected chi connectivity index (χ2v) is 2.82. The molecule has 0 spiro atoms. The lowest BCUT2D eigenvalue weighted by atomic mass is 10.3. The highest BCUT2D eigenvalue weighted by atomic mass is 16.5. The van der Waals surface area contributed by atoms with Crippen molar-refractivity contribution < 1.29 is 4.74 Å². The van der Waals surface area contributed by atoms with Gasteiger partial charge in [-0.3, -0.25) is 0 Å². The Bertz CT molecular complexity index is 250. The minimum atomic E-state index is 0.628. The van der Waals surface area contributed by atoms with Crippen molar-refractivity contribution in [3.05, 3.63) is 47.8 Å². The first-order chi connectivity index (χ1) is 5.79. The second kappa shape index (κ2) is 4.53. The van der Waals surface area contributed by atoms with Crippen LogP contribution in [-0.2, 0) is 4.74 Å². The summed E-state index contributed by atoms with van der Waals surface area (Å²) in [6, 6.07) is 0. The summed E-state index contributed by atoms with van der Waals surface area (Å²) in [7, 11) is 0. The quantitative estimate of drug-likeness (QED) is 0.457. The molecule has 62 valence electrons. The third-order valence-electron chi connectivity index (χ3n) is 1.41. The molecule has 0 aromatic heterocycles. The summed E-state index contributed by atoms with van der Waals surface area (Å²) in [6.07, 6.45) is 12.6. The van der Waals surface area contributed by atoms with Gasteiger partial charge >= 0.3 is 0 Å². The van der Waals surface area contributed by atoms with E-state index in [-0.39, 0.29) is 0 Å². The zero-order valence-corrected chi connectivity index (χ0v) is 7.50. The van der Waals surface area contributed by atoms with Gasteiger partial charge < -0.3 is 4.74 Å². The summed E-state index contributed by atoms with van der Waals surface area (Å²) in [4.78, 5) is 0. The predicted molar refractivity (Wildman–Crippen MR) is 50.4 cm³/mol. The molecule has 1 heteroatoms. The van der Waals surface area contributed by atoms with Gasteiger partial charge in [0, 0.05) is 6.08 Å². The molecular formula is C11H13O+. The molecule has 0 atom stereocenters. The Kier molecular flexibility index (Phi) is 3.31. The number of ether oxygens (including phenoxy) is 1. The summed E-state index contributed by atoms with van der Waals surface area (Å²) in [6.45, 7) is 4.74. The molecule has 1 nitrogen and oxygen atoms in total. The van der Waals surface area contributed by atoms with Gasteiger partial charge in [0.2, 0.25) is 0 Å². The molecule has 1 aliphatic rings. The minimum absolute atomic E-state index is 0.628. The van der Waals surface area contributed by atoms with Crippen molar-refractivity contribution >= 4 is 0 Å². The van der Waals surface area contributed by atoms with Crippen LogP contribution in [-0.4, -0.2) is 6.61 Å². The topological polar surface area (TPSA) is 9.23 Å². The van der Waals surface area contributed by atoms with Crippen molar-refractivity contribution in [3.8, 4) is 0 Å². The van der Waals surface area contributed by atoms with Crippen LogP contribution >= 0.6 is 0 Å². The molecule has 1 rings (SSSR count). The Morgan fingerprint density at radius 2 is 2.33 bits per heavy atom. The first-order valence-corrected chi connectivity index (χ1v) is 4.02. The fourth-order valence-corrected chi connectivity index (χ4v) is 0.765. The predicted octanol–water partition coefficient (Wildman–Crippen LogP) is 2.78. The van der Waals surface area contributed by atoms with E-state index in [0.29, 0.717) is 6.61 Å². The zero-order valence-electron chi connectivity index (χ0n) is 7.50. The monoisotopic (exact) mass is 161 g/mol. The number of hydrogen-bond acceptors (Lipinski definition) is 1. The standard InChI is InChI=1S/C11H13O/c1-10(2)8-9-12-11-6-4-3-5-7-11/h3-6,8H,9H2,1-2H3/q+1. The number of rotatable bonds is 3. The fraction of sp³-hybridized carbons (Fsp3) is 0.273. The van der Waals surface area contributed by atoms with Crippen molar-refractivity contribution in [2.75, 3.05) is 6.61 Å². The van der Waals surface area contributed by atoms with E-state index in [0.717, 1.165) is 5.76 Å². The molecule has 0 radical (unpaired) electrons. The molecule has 0 amide bonds. The molecule has 0 aromatic rings. The highest BCUT2D eigenvalue weighted by Gasteiger charge is 2.01. The van der Waals surface area contributed by atoms with Gasteiger partial charge in [-0.2, -0.15) is 0 Å². The molecule has 0 fully saturated rings. The molecule has 0 heterocycles. The first kappa shape index (κ1) is 8.76. The highest BCUT2D eigenvalue weighted by Crippen LogP contribution is 2.04. The molecule has 0 saturated heterocycles. The lowest BCUT2D eigenvalue weighted by Gasteiger charge is -1.97. The van der Waals surface area contributed by atoms with E-state index in [2.05, 4.69) is 19.9 Å². The molecule has 1 aliphatic carbocycles. The van der Waals surface area contributed by atoms with Gasteiger partial charge in [0.1, 0.15) is 12.7 Å². The molecule has 0 saturated carbocycles. The van der Waals surface area contributed by atoms with Crippen LogP contribution in [0.15, 0.2) is 41.7 Å². The van der Waals surface area contributed by atoms with Gasteiger partial charge in [0.25, 0.3) is 5.76 Å². The van der Waals surface area contributed by atoms with Crippen LogP contribution in [0.25, 0.3) is 0 Å². The average Bonchev–Trinajstić information content (AvgIpc) is 2.05. The molecule has 0 unspecified atom stereocenters. The number of allylic oxidation sites excluding steroid dienone is 6. The third kappa shape index (κ3) is 3.18. The van der Waals surface area contributed by atoms with Crippen molar-refractivity contribution in [3.63, 3.8) is 0 Å². The fourth-order valence-electron chi connectivity index (χ4n) is 0.765. The van der Waals surface area contributed by atoms with E-state index in [9.17, 15) is 0 Å². The first-order valence-electron chi connectivity index (χ1n) is 4.02. The van der Waals surface area contributed by atoms with Crippen LogP contribution in [0.3, 0.4) is 0 Å². The van der Waals surface area contributed by atoms with Crippen molar-refractivity contribution in [2.45, 2.75) is 13.8 Å². The summed E-state index contributed by atoms with van der Waals surface area (Å²) in [5, 5.41) is 0. The van der Waals surface area contributed by atoms with Crippen LogP contribution in [0.4, 0.5) is 0 Å². The Balaban J connectivity index is 2.33. The van der Waals surface area contributed by atoms with E-state index in [4.69, 9.17) is 4.74 Å². The molecule has 0 bridgehead atoms. The summed E-state index contributed by atoms with van der Waals surface area (Å²) >= 11 is 0. The Labute approximate surface area is 73.7 Å². The van der Waals surface area contributed by atoms with Gasteiger partial charge in [-0.25, -0.2) is 0 Å². The lowest BCUT2D eigenvalue weighted by Crippen LogP contribution is -1.91. The molecular weight excluding hydrogens is 148 g/mol. The van der Waals surface area contributed by atoms with Crippen LogP contribution in [0.5, 0.6) is 0 Å². The largest absolute Gasteiger partial charge is 0.461 e. The van der Waals surface area contributed by atoms with Gasteiger partial charge in [0.05, 0.1) is 18.2 Å². The van der Waals surface area contributed by atoms with E-state index in [1.165, 1.54) is 5.57 Å². The Hall–Kier alpha value is -1.33. The van der Waals surface area contributed by atoms with Crippen molar-refractivity contribution in [1.82, 2.24) is 0 Å². The Morgan fingerprint density at radius 1 is 1.50 bits per heavy atom. The average molecular weight is 161 g/mol. The molecule has 0 N–H and O–H groups in total. The van der Waals surface area contributed by atoms with Crippen molar-refractivity contribution in [2.24, 2.45) is 0 Å². The third-order valence-corrected chi connectivity index (χ3v) is 1.41. The van der Waals surface area contributed by atoms with Crippen LogP contribution in [0.1, 0.15) is 13.8 Å². The van der Waals surface area contributed by atoms with Gasteiger partial charge in [-0.15, -0.1) is 0 Å². The summed E-state index contributed by atoms with van der Waals surface area (Å²) in [5.74, 6) is 0.801. The van der Waals surface area contributed by atoms with Crippen LogP contribution < -0.4 is 0 Å². The Morgan fingerprint density at radius 3 is 2.92 bits per heavy atom. The molecule has 0 aromatic carbocycles. The van der Waals surface area contributed by atoms with Crippen LogP contribution in [0.2, 0.25) is 0 Å². The summed E-state index contributed by atoms with van der Waals surface area (Å²) in [5.41, 5.74) is 1.27. The second-order valence-electron chi connectivity index (χ2n) is 2.82. The summed E-state index contributed by atoms with van der Waals surface area (Å²) < 4.78 is 5.38. The highest BCUT2D eigenvalue weighted by molar-refractivity contribution is 5.24. The maximum Gasteiger partial charge on any atom is 0.289 e. The minimum Gasteiger partial charge on any atom is -0.461 e. The van der Waals surface area contributed by atoms with E-state index >= 15 is 0 Å². The number of hydrogen-bond donors (Lipinski definition) is 0. The lowest BCUT2D eigenvalue weighted by molar-refractivity contribution is 0.258. The van der Waals surface area contributed by atoms with Crippen molar-refractivity contribution in [1.29, 1.82) is 0 Å².